The van der Waals surface area contributed by atoms with Crippen LogP contribution in [-0.4, -0.2) is 67.4 Å². The topological polar surface area (TPSA) is 42.0 Å². The van der Waals surface area contributed by atoms with Crippen molar-refractivity contribution >= 4 is 5.91 Å². The van der Waals surface area contributed by atoms with E-state index in [9.17, 15) is 4.79 Å². The highest BCUT2D eigenvalue weighted by molar-refractivity contribution is 5.76. The molecule has 5 heteroatoms. The van der Waals surface area contributed by atoms with E-state index in [1.54, 1.807) is 0 Å². The van der Waals surface area contributed by atoms with Crippen molar-refractivity contribution in [3.05, 3.63) is 60.8 Å². The highest BCUT2D eigenvalue weighted by Crippen LogP contribution is 2.44. The van der Waals surface area contributed by atoms with Crippen LogP contribution in [0.2, 0.25) is 0 Å². The maximum absolute atomic E-state index is 12.9. The lowest BCUT2D eigenvalue weighted by Crippen LogP contribution is -2.49. The Morgan fingerprint density at radius 1 is 0.593 bits per heavy atom. The molecule has 0 N–H and O–H groups in total. The minimum atomic E-state index is -0.432. The van der Waals surface area contributed by atoms with E-state index in [2.05, 4.69) is 98.5 Å². The van der Waals surface area contributed by atoms with Crippen molar-refractivity contribution in [2.24, 2.45) is 0 Å². The Labute approximate surface area is 335 Å². The number of hydrogen-bond acceptors (Lipinski definition) is 4. The molecule has 2 fully saturated rings. The van der Waals surface area contributed by atoms with Crippen LogP contribution in [0.4, 0.5) is 0 Å². The summed E-state index contributed by atoms with van der Waals surface area (Å²) in [5.74, 6) is -0.129. The van der Waals surface area contributed by atoms with Crippen LogP contribution in [-0.2, 0) is 14.3 Å². The molecule has 1 spiro atoms. The maximum atomic E-state index is 12.9. The number of ether oxygens (including phenoxy) is 2. The fourth-order valence-corrected chi connectivity index (χ4v) is 7.78. The Balaban J connectivity index is 1.69. The van der Waals surface area contributed by atoms with Gasteiger partial charge in [-0.15, -0.1) is 0 Å². The van der Waals surface area contributed by atoms with E-state index in [4.69, 9.17) is 9.47 Å². The quantitative estimate of drug-likeness (QED) is 0.0495. The van der Waals surface area contributed by atoms with Crippen LogP contribution < -0.4 is 0 Å². The molecule has 54 heavy (non-hydrogen) atoms. The van der Waals surface area contributed by atoms with E-state index in [-0.39, 0.29) is 5.60 Å². The summed E-state index contributed by atoms with van der Waals surface area (Å²) >= 11 is 0. The SMILES string of the molecule is CCC=CCC=CCC=CCCCCCCCCC1(CCCCCCCCC=CCC=CCCCCC)OCC2(CCN(C(=O)CCCN(C)C)CC2)O1. The van der Waals surface area contributed by atoms with Gasteiger partial charge in [-0.25, -0.2) is 0 Å². The molecule has 0 aromatic carbocycles. The Morgan fingerprint density at radius 3 is 1.56 bits per heavy atom. The summed E-state index contributed by atoms with van der Waals surface area (Å²) in [5.41, 5.74) is -0.214. The minimum Gasteiger partial charge on any atom is -0.347 e. The van der Waals surface area contributed by atoms with Crippen LogP contribution in [0.25, 0.3) is 0 Å². The standard InChI is InChI=1S/C49H86N2O3/c1-5-7-9-11-13-15-17-19-21-23-25-27-29-31-33-35-39-49(40-36-34-32-30-28-26-24-22-20-18-16-14-12-10-8-6-2)53-46-48(54-49)41-44-51(45-42-48)47(52)38-37-43-50(3)4/h7,9,13-16,19-22H,5-6,8,10-12,17-18,23-46H2,1-4H3. The molecule has 2 heterocycles. The lowest BCUT2D eigenvalue weighted by molar-refractivity contribution is -0.204. The smallest absolute Gasteiger partial charge is 0.222 e. The van der Waals surface area contributed by atoms with Crippen LogP contribution in [0.3, 0.4) is 0 Å². The van der Waals surface area contributed by atoms with Gasteiger partial charge in [-0.05, 0) is 117 Å². The van der Waals surface area contributed by atoms with Gasteiger partial charge >= 0.3 is 0 Å². The molecule has 1 amide bonds. The van der Waals surface area contributed by atoms with Crippen molar-refractivity contribution in [1.29, 1.82) is 0 Å². The molecule has 0 aromatic rings. The fourth-order valence-electron chi connectivity index (χ4n) is 7.78. The fraction of sp³-hybridized carbons (Fsp3) is 0.776. The van der Waals surface area contributed by atoms with Crippen molar-refractivity contribution < 1.29 is 14.3 Å². The van der Waals surface area contributed by atoms with Crippen molar-refractivity contribution in [2.45, 2.75) is 205 Å². The summed E-state index contributed by atoms with van der Waals surface area (Å²) in [7, 11) is 4.15. The molecule has 2 aliphatic heterocycles. The molecule has 0 aliphatic carbocycles. The molecule has 2 aliphatic rings. The summed E-state index contributed by atoms with van der Waals surface area (Å²) < 4.78 is 13.8. The predicted octanol–water partition coefficient (Wildman–Crippen LogP) is 13.6. The third-order valence-electron chi connectivity index (χ3n) is 11.2. The molecule has 5 nitrogen and oxygen atoms in total. The molecular formula is C49H86N2O3. The highest BCUT2D eigenvalue weighted by atomic mass is 16.8. The van der Waals surface area contributed by atoms with E-state index in [1.165, 1.54) is 116 Å². The zero-order chi connectivity index (χ0) is 38.8. The number of hydrogen-bond donors (Lipinski definition) is 0. The molecule has 2 saturated heterocycles. The molecule has 1 atom stereocenters. The van der Waals surface area contributed by atoms with Gasteiger partial charge in [0.25, 0.3) is 0 Å². The zero-order valence-corrected chi connectivity index (χ0v) is 36.0. The van der Waals surface area contributed by atoms with Gasteiger partial charge in [0.15, 0.2) is 5.79 Å². The molecule has 0 saturated carbocycles. The first-order valence-electron chi connectivity index (χ1n) is 23.0. The second-order valence-corrected chi connectivity index (χ2v) is 16.6. The number of nitrogens with zero attached hydrogens (tertiary/aromatic N) is 2. The average Bonchev–Trinajstić information content (AvgIpc) is 3.51. The van der Waals surface area contributed by atoms with Gasteiger partial charge in [0.2, 0.25) is 5.91 Å². The largest absolute Gasteiger partial charge is 0.347 e. The number of allylic oxidation sites excluding steroid dienone is 10. The zero-order valence-electron chi connectivity index (χ0n) is 36.0. The summed E-state index contributed by atoms with van der Waals surface area (Å²) in [5, 5.41) is 0. The Morgan fingerprint density at radius 2 is 1.06 bits per heavy atom. The Bertz CT molecular complexity index is 1050. The number of carbonyl (C=O) groups is 1. The summed E-state index contributed by atoms with van der Waals surface area (Å²) in [4.78, 5) is 17.1. The van der Waals surface area contributed by atoms with Gasteiger partial charge in [0, 0.05) is 32.4 Å². The predicted molar refractivity (Wildman–Crippen MR) is 234 cm³/mol. The molecule has 1 unspecified atom stereocenters. The molecule has 0 aromatic heterocycles. The van der Waals surface area contributed by atoms with Gasteiger partial charge in [-0.3, -0.25) is 4.79 Å². The lowest BCUT2D eigenvalue weighted by Gasteiger charge is -2.39. The van der Waals surface area contributed by atoms with Gasteiger partial charge in [-0.1, -0.05) is 139 Å². The number of unbranched alkanes of at least 4 members (excludes halogenated alkanes) is 15. The van der Waals surface area contributed by atoms with E-state index in [1.807, 2.05) is 0 Å². The molecule has 2 rings (SSSR count). The van der Waals surface area contributed by atoms with Gasteiger partial charge in [-0.2, -0.15) is 0 Å². The van der Waals surface area contributed by atoms with Crippen LogP contribution in [0.5, 0.6) is 0 Å². The number of piperidine rings is 1. The van der Waals surface area contributed by atoms with Crippen molar-refractivity contribution in [3.8, 4) is 0 Å². The van der Waals surface area contributed by atoms with Crippen molar-refractivity contribution in [3.63, 3.8) is 0 Å². The van der Waals surface area contributed by atoms with Crippen LogP contribution in [0, 0.1) is 0 Å². The molecule has 0 bridgehead atoms. The maximum Gasteiger partial charge on any atom is 0.222 e. The average molecular weight is 751 g/mol. The number of carbonyl (C=O) groups excluding carboxylic acids is 1. The van der Waals surface area contributed by atoms with Gasteiger partial charge < -0.3 is 19.3 Å². The monoisotopic (exact) mass is 751 g/mol. The number of likely N-dealkylation sites (tertiary alicyclic amines) is 1. The van der Waals surface area contributed by atoms with E-state index in [0.717, 1.165) is 77.4 Å². The van der Waals surface area contributed by atoms with E-state index < -0.39 is 5.79 Å². The number of rotatable bonds is 33. The first-order valence-corrected chi connectivity index (χ1v) is 23.0. The van der Waals surface area contributed by atoms with Crippen LogP contribution in [0.1, 0.15) is 194 Å². The highest BCUT2D eigenvalue weighted by Gasteiger charge is 2.51. The summed E-state index contributed by atoms with van der Waals surface area (Å²) in [6.07, 6.45) is 55.8. The Kier molecular flexibility index (Phi) is 28.7. The second-order valence-electron chi connectivity index (χ2n) is 16.6. The molecular weight excluding hydrogens is 665 g/mol. The summed E-state index contributed by atoms with van der Waals surface area (Å²) in [6.45, 7) is 7.70. The normalized spacial score (nSPS) is 19.2. The molecule has 0 radical (unpaired) electrons. The van der Waals surface area contributed by atoms with Gasteiger partial charge in [0.1, 0.15) is 0 Å². The second kappa shape index (κ2) is 32.2. The minimum absolute atomic E-state index is 0.214. The van der Waals surface area contributed by atoms with E-state index in [0.29, 0.717) is 18.9 Å². The lowest BCUT2D eigenvalue weighted by atomic mass is 9.91. The molecule has 310 valence electrons. The van der Waals surface area contributed by atoms with Gasteiger partial charge in [0.05, 0.1) is 12.2 Å². The number of amides is 1. The Hall–Kier alpha value is -1.95. The summed E-state index contributed by atoms with van der Waals surface area (Å²) in [6, 6.07) is 0. The first-order chi connectivity index (χ1) is 26.4. The van der Waals surface area contributed by atoms with Crippen molar-refractivity contribution in [1.82, 2.24) is 9.80 Å². The third-order valence-corrected chi connectivity index (χ3v) is 11.2. The van der Waals surface area contributed by atoms with Crippen LogP contribution >= 0.6 is 0 Å². The van der Waals surface area contributed by atoms with E-state index >= 15 is 0 Å². The van der Waals surface area contributed by atoms with Crippen molar-refractivity contribution in [2.75, 3.05) is 40.3 Å². The first kappa shape index (κ1) is 48.2. The van der Waals surface area contributed by atoms with Crippen LogP contribution in [0.15, 0.2) is 60.8 Å². The third kappa shape index (κ3) is 23.9.